The topological polar surface area (TPSA) is 55.1 Å². The second kappa shape index (κ2) is 5.54. The number of carbonyl (C=O) groups excluding carboxylic acids is 1. The molecule has 3 nitrogen and oxygen atoms in total. The van der Waals surface area contributed by atoms with Crippen LogP contribution in [0.4, 0.5) is 10.1 Å². The number of nitrogen functional groups attached to an aromatic ring is 1. The number of halogens is 1. The van der Waals surface area contributed by atoms with Crippen LogP contribution in [0.25, 0.3) is 10.1 Å². The fraction of sp³-hybridized carbons (Fsp3) is 0.0625. The number of nitrogens with one attached hydrogen (secondary N) is 1. The number of fused-ring (bicyclic) bond motifs is 1. The average molecular weight is 300 g/mol. The Labute approximate surface area is 125 Å². The molecule has 1 amide bonds. The van der Waals surface area contributed by atoms with E-state index < -0.39 is 0 Å². The van der Waals surface area contributed by atoms with E-state index in [0.29, 0.717) is 17.1 Å². The van der Waals surface area contributed by atoms with E-state index in [0.717, 1.165) is 15.6 Å². The molecular formula is C16H13FN2OS. The molecule has 0 spiro atoms. The molecule has 5 heteroatoms. The summed E-state index contributed by atoms with van der Waals surface area (Å²) < 4.78 is 13.9. The van der Waals surface area contributed by atoms with Crippen molar-refractivity contribution in [3.8, 4) is 0 Å². The normalized spacial score (nSPS) is 10.7. The zero-order valence-corrected chi connectivity index (χ0v) is 11.9. The first-order valence-electron chi connectivity index (χ1n) is 6.43. The van der Waals surface area contributed by atoms with E-state index in [4.69, 9.17) is 5.73 Å². The predicted molar refractivity (Wildman–Crippen MR) is 83.8 cm³/mol. The maximum atomic E-state index is 13.1. The van der Waals surface area contributed by atoms with E-state index in [2.05, 4.69) is 5.32 Å². The van der Waals surface area contributed by atoms with Gasteiger partial charge in [0.25, 0.3) is 5.91 Å². The first-order valence-corrected chi connectivity index (χ1v) is 7.25. The predicted octanol–water partition coefficient (Wildman–Crippen LogP) is 3.55. The van der Waals surface area contributed by atoms with Crippen LogP contribution in [0.15, 0.2) is 48.5 Å². The van der Waals surface area contributed by atoms with Crippen molar-refractivity contribution in [3.63, 3.8) is 0 Å². The smallest absolute Gasteiger partial charge is 0.261 e. The van der Waals surface area contributed by atoms with Crippen LogP contribution in [0.1, 0.15) is 15.2 Å². The summed E-state index contributed by atoms with van der Waals surface area (Å²) in [7, 11) is 0. The molecule has 3 rings (SSSR count). The molecule has 2 aromatic carbocycles. The van der Waals surface area contributed by atoms with Crippen LogP contribution in [0.5, 0.6) is 0 Å². The van der Waals surface area contributed by atoms with Gasteiger partial charge in [0.2, 0.25) is 0 Å². The Morgan fingerprint density at radius 1 is 1.19 bits per heavy atom. The number of hydrogen-bond acceptors (Lipinski definition) is 3. The summed E-state index contributed by atoms with van der Waals surface area (Å²) in [6.45, 7) is 0.409. The summed E-state index contributed by atoms with van der Waals surface area (Å²) in [6.07, 6.45) is 0. The Morgan fingerprint density at radius 2 is 2.05 bits per heavy atom. The Balaban J connectivity index is 1.74. The minimum absolute atomic E-state index is 0.168. The van der Waals surface area contributed by atoms with E-state index >= 15 is 0 Å². The number of carbonyl (C=O) groups is 1. The van der Waals surface area contributed by atoms with Gasteiger partial charge in [0.1, 0.15) is 5.82 Å². The Hall–Kier alpha value is -2.40. The van der Waals surface area contributed by atoms with Gasteiger partial charge in [0.15, 0.2) is 0 Å². The SMILES string of the molecule is Nc1cccc(CNC(=O)c2cc3ccc(F)cc3s2)c1. The van der Waals surface area contributed by atoms with Crippen molar-refractivity contribution in [3.05, 3.63) is 64.8 Å². The second-order valence-corrected chi connectivity index (χ2v) is 5.80. The maximum absolute atomic E-state index is 13.1. The molecular weight excluding hydrogens is 287 g/mol. The maximum Gasteiger partial charge on any atom is 0.261 e. The average Bonchev–Trinajstić information content (AvgIpc) is 2.88. The van der Waals surface area contributed by atoms with Crippen molar-refractivity contribution < 1.29 is 9.18 Å². The van der Waals surface area contributed by atoms with Gasteiger partial charge in [-0.1, -0.05) is 18.2 Å². The molecule has 0 saturated heterocycles. The number of rotatable bonds is 3. The minimum Gasteiger partial charge on any atom is -0.399 e. The van der Waals surface area contributed by atoms with Gasteiger partial charge < -0.3 is 11.1 Å². The van der Waals surface area contributed by atoms with Crippen LogP contribution in [-0.4, -0.2) is 5.91 Å². The van der Waals surface area contributed by atoms with E-state index in [1.165, 1.54) is 23.5 Å². The highest BCUT2D eigenvalue weighted by Crippen LogP contribution is 2.26. The second-order valence-electron chi connectivity index (χ2n) is 4.72. The third-order valence-electron chi connectivity index (χ3n) is 3.11. The molecule has 3 aromatic rings. The highest BCUT2D eigenvalue weighted by molar-refractivity contribution is 7.20. The fourth-order valence-electron chi connectivity index (χ4n) is 2.09. The first kappa shape index (κ1) is 13.6. The van der Waals surface area contributed by atoms with E-state index in [1.807, 2.05) is 18.2 Å². The third kappa shape index (κ3) is 3.03. The van der Waals surface area contributed by atoms with Crippen molar-refractivity contribution in [2.24, 2.45) is 0 Å². The van der Waals surface area contributed by atoms with Crippen molar-refractivity contribution in [2.75, 3.05) is 5.73 Å². The molecule has 0 aliphatic carbocycles. The molecule has 106 valence electrons. The molecule has 0 saturated carbocycles. The van der Waals surface area contributed by atoms with Crippen LogP contribution < -0.4 is 11.1 Å². The van der Waals surface area contributed by atoms with Gasteiger partial charge in [0, 0.05) is 16.9 Å². The van der Waals surface area contributed by atoms with Crippen LogP contribution >= 0.6 is 11.3 Å². The summed E-state index contributed by atoms with van der Waals surface area (Å²) in [5.74, 6) is -0.463. The van der Waals surface area contributed by atoms with Gasteiger partial charge in [-0.05, 0) is 41.3 Å². The standard InChI is InChI=1S/C16H13FN2OS/c17-12-5-4-11-7-15(21-14(11)8-12)16(20)19-9-10-2-1-3-13(18)6-10/h1-8H,9,18H2,(H,19,20). The van der Waals surface area contributed by atoms with Gasteiger partial charge in [0.05, 0.1) is 4.88 Å². The summed E-state index contributed by atoms with van der Waals surface area (Å²) in [4.78, 5) is 12.7. The molecule has 0 radical (unpaired) electrons. The Bertz CT molecular complexity index is 813. The number of benzene rings is 2. The fourth-order valence-corrected chi connectivity index (χ4v) is 3.09. The van der Waals surface area contributed by atoms with Crippen LogP contribution in [0.3, 0.4) is 0 Å². The number of hydrogen-bond donors (Lipinski definition) is 2. The van der Waals surface area contributed by atoms with Crippen molar-refractivity contribution in [1.29, 1.82) is 0 Å². The van der Waals surface area contributed by atoms with Gasteiger partial charge in [-0.15, -0.1) is 11.3 Å². The lowest BCUT2D eigenvalue weighted by Gasteiger charge is -2.04. The summed E-state index contributed by atoms with van der Waals surface area (Å²) in [5.41, 5.74) is 7.30. The zero-order chi connectivity index (χ0) is 14.8. The number of nitrogens with two attached hydrogens (primary N) is 1. The van der Waals surface area contributed by atoms with Gasteiger partial charge >= 0.3 is 0 Å². The van der Waals surface area contributed by atoms with Crippen molar-refractivity contribution >= 4 is 33.0 Å². The van der Waals surface area contributed by atoms with E-state index in [-0.39, 0.29) is 11.7 Å². The number of thiophene rings is 1. The van der Waals surface area contributed by atoms with Crippen LogP contribution in [-0.2, 0) is 6.54 Å². The molecule has 1 aromatic heterocycles. The molecule has 0 aliphatic heterocycles. The first-order chi connectivity index (χ1) is 10.1. The van der Waals surface area contributed by atoms with Crippen molar-refractivity contribution in [1.82, 2.24) is 5.32 Å². The number of anilines is 1. The molecule has 1 heterocycles. The molecule has 3 N–H and O–H groups in total. The minimum atomic E-state index is -0.295. The highest BCUT2D eigenvalue weighted by Gasteiger charge is 2.10. The third-order valence-corrected chi connectivity index (χ3v) is 4.21. The quantitative estimate of drug-likeness (QED) is 0.727. The largest absolute Gasteiger partial charge is 0.399 e. The van der Waals surface area contributed by atoms with Crippen LogP contribution in [0.2, 0.25) is 0 Å². The monoisotopic (exact) mass is 300 g/mol. The summed E-state index contributed by atoms with van der Waals surface area (Å²) in [6, 6.07) is 13.6. The highest BCUT2D eigenvalue weighted by atomic mass is 32.1. The van der Waals surface area contributed by atoms with Crippen LogP contribution in [0, 0.1) is 5.82 Å². The Kier molecular flexibility index (Phi) is 3.58. The molecule has 0 bridgehead atoms. The molecule has 0 fully saturated rings. The van der Waals surface area contributed by atoms with Gasteiger partial charge in [-0.3, -0.25) is 4.79 Å². The van der Waals surface area contributed by atoms with Gasteiger partial charge in [-0.2, -0.15) is 0 Å². The van der Waals surface area contributed by atoms with Gasteiger partial charge in [-0.25, -0.2) is 4.39 Å². The Morgan fingerprint density at radius 3 is 2.86 bits per heavy atom. The van der Waals surface area contributed by atoms with Crippen molar-refractivity contribution in [2.45, 2.75) is 6.54 Å². The van der Waals surface area contributed by atoms with E-state index in [1.54, 1.807) is 18.2 Å². The molecule has 0 aliphatic rings. The lowest BCUT2D eigenvalue weighted by atomic mass is 10.2. The lowest BCUT2D eigenvalue weighted by Crippen LogP contribution is -2.21. The number of amides is 1. The zero-order valence-electron chi connectivity index (χ0n) is 11.1. The summed E-state index contributed by atoms with van der Waals surface area (Å²) in [5, 5.41) is 3.71. The lowest BCUT2D eigenvalue weighted by molar-refractivity contribution is 0.0955. The van der Waals surface area contributed by atoms with E-state index in [9.17, 15) is 9.18 Å². The molecule has 0 atom stereocenters. The summed E-state index contributed by atoms with van der Waals surface area (Å²) >= 11 is 1.28. The molecule has 0 unspecified atom stereocenters. The molecule has 21 heavy (non-hydrogen) atoms.